The number of fused-ring (bicyclic) bond motifs is 5. The van der Waals surface area contributed by atoms with Crippen LogP contribution >= 0.6 is 0 Å². The molecule has 5 rings (SSSR count). The van der Waals surface area contributed by atoms with E-state index in [0.717, 1.165) is 17.7 Å². The van der Waals surface area contributed by atoms with Crippen LogP contribution < -0.4 is 5.32 Å². The third-order valence-corrected chi connectivity index (χ3v) is 5.54. The van der Waals surface area contributed by atoms with Gasteiger partial charge in [0.2, 0.25) is 0 Å². The number of anilines is 1. The van der Waals surface area contributed by atoms with E-state index < -0.39 is 0 Å². The summed E-state index contributed by atoms with van der Waals surface area (Å²) in [5.74, 6) is 0.658. The summed E-state index contributed by atoms with van der Waals surface area (Å²) < 4.78 is 0. The Kier molecular flexibility index (Phi) is 3.20. The number of benzene rings is 2. The molecule has 3 heteroatoms. The second-order valence-corrected chi connectivity index (χ2v) is 6.86. The zero-order valence-electron chi connectivity index (χ0n) is 13.7. The van der Waals surface area contributed by atoms with Crippen LogP contribution in [0, 0.1) is 5.92 Å². The molecule has 0 spiro atoms. The Hall–Kier alpha value is -2.94. The van der Waals surface area contributed by atoms with Gasteiger partial charge < -0.3 is 5.32 Å². The fourth-order valence-electron chi connectivity index (χ4n) is 4.45. The molecule has 0 saturated heterocycles. The Balaban J connectivity index is 1.63. The second kappa shape index (κ2) is 5.55. The number of pyridine rings is 1. The van der Waals surface area contributed by atoms with Gasteiger partial charge in [0, 0.05) is 23.6 Å². The van der Waals surface area contributed by atoms with Gasteiger partial charge in [0.1, 0.15) is 0 Å². The molecule has 1 aliphatic heterocycles. The van der Waals surface area contributed by atoms with Crippen LogP contribution in [0.4, 0.5) is 5.69 Å². The molecule has 2 aromatic carbocycles. The zero-order valence-corrected chi connectivity index (χ0v) is 13.7. The first-order valence-corrected chi connectivity index (χ1v) is 8.70. The molecule has 1 aromatic heterocycles. The number of rotatable bonds is 2. The molecule has 0 fully saturated rings. The van der Waals surface area contributed by atoms with E-state index in [0.29, 0.717) is 0 Å². The van der Waals surface area contributed by atoms with E-state index in [-0.39, 0.29) is 23.7 Å². The van der Waals surface area contributed by atoms with Crippen molar-refractivity contribution in [2.45, 2.75) is 18.4 Å². The highest BCUT2D eigenvalue weighted by Gasteiger charge is 2.45. The molecule has 2 aliphatic rings. The molecule has 0 radical (unpaired) electrons. The van der Waals surface area contributed by atoms with E-state index in [1.54, 1.807) is 0 Å². The Morgan fingerprint density at radius 2 is 1.76 bits per heavy atom. The lowest BCUT2D eigenvalue weighted by atomic mass is 9.76. The molecule has 0 bridgehead atoms. The van der Waals surface area contributed by atoms with E-state index in [2.05, 4.69) is 40.6 Å². The third-order valence-electron chi connectivity index (χ3n) is 5.54. The van der Waals surface area contributed by atoms with Gasteiger partial charge in [-0.05, 0) is 29.2 Å². The van der Waals surface area contributed by atoms with E-state index >= 15 is 0 Å². The highest BCUT2D eigenvalue weighted by molar-refractivity contribution is 6.02. The maximum atomic E-state index is 13.2. The number of nitrogens with zero attached hydrogens (tertiary/aromatic N) is 1. The molecule has 0 unspecified atom stereocenters. The van der Waals surface area contributed by atoms with Gasteiger partial charge in [-0.3, -0.25) is 9.78 Å². The fraction of sp³-hybridized carbons (Fsp3) is 0.182. The van der Waals surface area contributed by atoms with E-state index in [4.69, 9.17) is 0 Å². The monoisotopic (exact) mass is 326 g/mol. The lowest BCUT2D eigenvalue weighted by Gasteiger charge is -2.36. The van der Waals surface area contributed by atoms with Crippen LogP contribution in [-0.2, 0) is 6.42 Å². The molecule has 0 saturated carbocycles. The number of ketones is 1. The van der Waals surface area contributed by atoms with Crippen LogP contribution in [0.25, 0.3) is 0 Å². The van der Waals surface area contributed by atoms with Gasteiger partial charge >= 0.3 is 0 Å². The number of hydrogen-bond acceptors (Lipinski definition) is 3. The van der Waals surface area contributed by atoms with E-state index in [9.17, 15) is 4.79 Å². The molecule has 122 valence electrons. The number of nitrogens with one attached hydrogen (secondary N) is 1. The van der Waals surface area contributed by atoms with Crippen molar-refractivity contribution in [1.82, 2.24) is 4.98 Å². The maximum Gasteiger partial charge on any atom is 0.185 e. The summed E-state index contributed by atoms with van der Waals surface area (Å²) in [7, 11) is 0. The summed E-state index contributed by atoms with van der Waals surface area (Å²) in [4.78, 5) is 17.5. The van der Waals surface area contributed by atoms with Gasteiger partial charge in [-0.15, -0.1) is 0 Å². The molecule has 1 N–H and O–H groups in total. The van der Waals surface area contributed by atoms with Crippen LogP contribution in [0.5, 0.6) is 0 Å². The third kappa shape index (κ3) is 2.19. The van der Waals surface area contributed by atoms with Crippen molar-refractivity contribution in [3.63, 3.8) is 0 Å². The lowest BCUT2D eigenvalue weighted by Crippen LogP contribution is -2.42. The predicted octanol–water partition coefficient (Wildman–Crippen LogP) is 4.06. The van der Waals surface area contributed by atoms with E-state index in [1.807, 2.05) is 42.7 Å². The van der Waals surface area contributed by atoms with Crippen LogP contribution in [0.2, 0.25) is 0 Å². The summed E-state index contributed by atoms with van der Waals surface area (Å²) in [6.07, 6.45) is 4.62. The molecular weight excluding hydrogens is 308 g/mol. The number of aromatic nitrogens is 1. The van der Waals surface area contributed by atoms with Crippen LogP contribution in [0.15, 0.2) is 73.1 Å². The average Bonchev–Trinajstić information content (AvgIpc) is 3.07. The van der Waals surface area contributed by atoms with Crippen molar-refractivity contribution >= 4 is 11.5 Å². The normalized spacial score (nSPS) is 23.1. The van der Waals surface area contributed by atoms with E-state index in [1.165, 1.54) is 16.7 Å². The van der Waals surface area contributed by atoms with Crippen LogP contribution in [-0.4, -0.2) is 16.8 Å². The summed E-state index contributed by atoms with van der Waals surface area (Å²) >= 11 is 0. The first kappa shape index (κ1) is 14.4. The summed E-state index contributed by atoms with van der Waals surface area (Å²) in [5, 5.41) is 3.49. The largest absolute Gasteiger partial charge is 0.373 e. The Bertz CT molecular complexity index is 951. The Morgan fingerprint density at radius 3 is 2.64 bits per heavy atom. The molecule has 2 heterocycles. The Labute approximate surface area is 146 Å². The van der Waals surface area contributed by atoms with Crippen molar-refractivity contribution in [2.24, 2.45) is 5.92 Å². The minimum atomic E-state index is -0.225. The summed E-state index contributed by atoms with van der Waals surface area (Å²) in [5.41, 5.74) is 5.71. The number of hydrogen-bond donors (Lipinski definition) is 1. The van der Waals surface area contributed by atoms with Gasteiger partial charge in [-0.25, -0.2) is 0 Å². The average molecular weight is 326 g/mol. The summed E-state index contributed by atoms with van der Waals surface area (Å²) in [6, 6.07) is 20.0. The molecule has 3 atom stereocenters. The van der Waals surface area contributed by atoms with Gasteiger partial charge in [0.15, 0.2) is 5.78 Å². The lowest BCUT2D eigenvalue weighted by molar-refractivity contribution is 0.0938. The zero-order chi connectivity index (χ0) is 16.8. The topological polar surface area (TPSA) is 42.0 Å². The van der Waals surface area contributed by atoms with Crippen molar-refractivity contribution < 1.29 is 4.79 Å². The number of carbonyl (C=O) groups excluding carboxylic acids is 1. The highest BCUT2D eigenvalue weighted by Crippen LogP contribution is 2.49. The van der Waals surface area contributed by atoms with Gasteiger partial charge in [0.05, 0.1) is 17.9 Å². The SMILES string of the molecule is O=C(c1ccccc1)[C@@H]1Nc2cnccc2[C@H]2c3ccccc3C[C@@H]21. The molecule has 3 nitrogen and oxygen atoms in total. The summed E-state index contributed by atoms with van der Waals surface area (Å²) in [6.45, 7) is 0. The van der Waals surface area contributed by atoms with Gasteiger partial charge in [0.25, 0.3) is 0 Å². The van der Waals surface area contributed by atoms with Gasteiger partial charge in [-0.1, -0.05) is 54.6 Å². The number of carbonyl (C=O) groups is 1. The van der Waals surface area contributed by atoms with Crippen molar-refractivity contribution in [1.29, 1.82) is 0 Å². The smallest absolute Gasteiger partial charge is 0.185 e. The second-order valence-electron chi connectivity index (χ2n) is 6.86. The van der Waals surface area contributed by atoms with Crippen LogP contribution in [0.3, 0.4) is 0 Å². The first-order valence-electron chi connectivity index (χ1n) is 8.70. The standard InChI is InChI=1S/C22H18N2O/c25-22(14-6-2-1-3-7-14)21-18-12-15-8-4-5-9-16(15)20(18)17-10-11-23-13-19(17)24-21/h1-11,13,18,20-21,24H,12H2/t18-,20+,21+/m0/s1. The molecular formula is C22H18N2O. The predicted molar refractivity (Wildman–Crippen MR) is 97.9 cm³/mol. The van der Waals surface area contributed by atoms with Crippen molar-refractivity contribution in [3.05, 3.63) is 95.3 Å². The molecule has 3 aromatic rings. The van der Waals surface area contributed by atoms with Crippen molar-refractivity contribution in [3.8, 4) is 0 Å². The number of Topliss-reactive ketones (excluding diaryl/α,β-unsaturated/α-hetero) is 1. The quantitative estimate of drug-likeness (QED) is 0.722. The molecule has 25 heavy (non-hydrogen) atoms. The maximum absolute atomic E-state index is 13.2. The molecule has 1 aliphatic carbocycles. The van der Waals surface area contributed by atoms with Crippen molar-refractivity contribution in [2.75, 3.05) is 5.32 Å². The Morgan fingerprint density at radius 1 is 0.960 bits per heavy atom. The minimum Gasteiger partial charge on any atom is -0.373 e. The first-order chi connectivity index (χ1) is 12.3. The van der Waals surface area contributed by atoms with Crippen LogP contribution in [0.1, 0.15) is 33.0 Å². The van der Waals surface area contributed by atoms with Gasteiger partial charge in [-0.2, -0.15) is 0 Å². The fourth-order valence-corrected chi connectivity index (χ4v) is 4.45. The highest BCUT2D eigenvalue weighted by atomic mass is 16.1. The molecule has 0 amide bonds. The minimum absolute atomic E-state index is 0.165.